The molecule has 0 aliphatic carbocycles. The van der Waals surface area contributed by atoms with Crippen LogP contribution in [0.4, 0.5) is 4.39 Å². The molecule has 0 bridgehead atoms. The molecular formula is C17H20ClFNO4P. The highest BCUT2D eigenvalue weighted by Crippen LogP contribution is 2.38. The highest BCUT2D eigenvalue weighted by Gasteiger charge is 2.23. The van der Waals surface area contributed by atoms with Gasteiger partial charge < -0.3 is 14.8 Å². The van der Waals surface area contributed by atoms with Crippen molar-refractivity contribution in [3.63, 3.8) is 0 Å². The van der Waals surface area contributed by atoms with Crippen molar-refractivity contribution >= 4 is 24.4 Å². The van der Waals surface area contributed by atoms with Crippen molar-refractivity contribution < 1.29 is 23.8 Å². The maximum Gasteiger partial charge on any atom is 0.319 e. The van der Waals surface area contributed by atoms with E-state index in [0.717, 1.165) is 6.42 Å². The molecule has 0 saturated heterocycles. The second-order valence-electron chi connectivity index (χ2n) is 5.79. The summed E-state index contributed by atoms with van der Waals surface area (Å²) in [5.74, 6) is -0.295. The zero-order chi connectivity index (χ0) is 18.8. The number of benzene rings is 2. The first-order valence-corrected chi connectivity index (χ1v) is 9.75. The summed E-state index contributed by atoms with van der Waals surface area (Å²) in [6, 6.07) is 6.04. The Balaban J connectivity index is 2.42. The molecule has 0 aliphatic rings. The molecule has 1 atom stereocenters. The molecule has 0 spiro atoms. The van der Waals surface area contributed by atoms with E-state index in [0.29, 0.717) is 28.9 Å². The predicted octanol–water partition coefficient (Wildman–Crippen LogP) is 4.63. The minimum absolute atomic E-state index is 0.0173. The van der Waals surface area contributed by atoms with Crippen LogP contribution in [0.3, 0.4) is 0 Å². The van der Waals surface area contributed by atoms with Crippen LogP contribution in [0.2, 0.25) is 5.02 Å². The largest absolute Gasteiger partial charge is 0.454 e. The molecule has 0 heterocycles. The van der Waals surface area contributed by atoms with Crippen LogP contribution in [-0.2, 0) is 11.0 Å². The molecule has 0 radical (unpaired) electrons. The molecule has 5 nitrogen and oxygen atoms in total. The van der Waals surface area contributed by atoms with Crippen LogP contribution in [0.15, 0.2) is 24.3 Å². The first kappa shape index (κ1) is 19.9. The number of aryl methyl sites for hydroxylation is 3. The lowest BCUT2D eigenvalue weighted by Gasteiger charge is -2.17. The molecule has 0 aliphatic heterocycles. The molecule has 2 aromatic carbocycles. The van der Waals surface area contributed by atoms with E-state index in [-0.39, 0.29) is 16.1 Å². The van der Waals surface area contributed by atoms with Crippen molar-refractivity contribution in [2.45, 2.75) is 33.6 Å². The fourth-order valence-corrected chi connectivity index (χ4v) is 3.65. The Morgan fingerprint density at radius 2 is 1.88 bits per heavy atom. The molecule has 2 aromatic rings. The zero-order valence-corrected chi connectivity index (χ0v) is 15.8. The fourth-order valence-electron chi connectivity index (χ4n) is 2.54. The summed E-state index contributed by atoms with van der Waals surface area (Å²) < 4.78 is 32.0. The molecule has 0 amide bonds. The number of rotatable bonds is 6. The Bertz CT molecular complexity index is 821. The van der Waals surface area contributed by atoms with Gasteiger partial charge in [0.05, 0.1) is 10.3 Å². The van der Waals surface area contributed by atoms with E-state index in [4.69, 9.17) is 21.5 Å². The van der Waals surface area contributed by atoms with Gasteiger partial charge in [-0.1, -0.05) is 31.0 Å². The van der Waals surface area contributed by atoms with Gasteiger partial charge in [0.2, 0.25) is 0 Å². The van der Waals surface area contributed by atoms with Gasteiger partial charge in [-0.3, -0.25) is 4.57 Å². The van der Waals surface area contributed by atoms with E-state index in [2.05, 4.69) is 0 Å². The quantitative estimate of drug-likeness (QED) is 0.497. The molecule has 3 N–H and O–H groups in total. The van der Waals surface area contributed by atoms with Crippen LogP contribution >= 0.6 is 19.1 Å². The first-order valence-electron chi connectivity index (χ1n) is 7.72. The standard InChI is InChI=1S/C17H20ClFNO4P/c1-4-5-12-6-7-14(16(19)15(12)18)24-17-10(2)8-13(9-11(17)3)25(22,23)20-21/h6-9,21H,4-5H2,1-3H3,(H2,20,22,23). The van der Waals surface area contributed by atoms with Gasteiger partial charge >= 0.3 is 7.52 Å². The summed E-state index contributed by atoms with van der Waals surface area (Å²) in [5.41, 5.74) is 1.76. The molecule has 2 rings (SSSR count). The summed E-state index contributed by atoms with van der Waals surface area (Å²) in [6.45, 7) is 5.30. The van der Waals surface area contributed by atoms with Crippen LogP contribution in [-0.4, -0.2) is 10.1 Å². The maximum atomic E-state index is 14.5. The Kier molecular flexibility index (Phi) is 6.25. The van der Waals surface area contributed by atoms with Crippen molar-refractivity contribution in [2.75, 3.05) is 0 Å². The molecule has 25 heavy (non-hydrogen) atoms. The average Bonchev–Trinajstić information content (AvgIpc) is 2.57. The van der Waals surface area contributed by atoms with E-state index in [1.807, 2.05) is 6.92 Å². The lowest BCUT2D eigenvalue weighted by molar-refractivity contribution is 0.226. The third kappa shape index (κ3) is 4.22. The van der Waals surface area contributed by atoms with E-state index < -0.39 is 13.3 Å². The van der Waals surface area contributed by atoms with Crippen molar-refractivity contribution in [1.82, 2.24) is 5.25 Å². The SMILES string of the molecule is CCCc1ccc(Oc2c(C)cc(P(=O)(O)NO)cc2C)c(F)c1Cl. The molecule has 0 saturated carbocycles. The number of hydrogen-bond donors (Lipinski definition) is 3. The minimum atomic E-state index is -4.06. The number of hydrogen-bond acceptors (Lipinski definition) is 3. The monoisotopic (exact) mass is 387 g/mol. The highest BCUT2D eigenvalue weighted by molar-refractivity contribution is 7.63. The number of halogens is 2. The van der Waals surface area contributed by atoms with Crippen molar-refractivity contribution in [1.29, 1.82) is 0 Å². The number of ether oxygens (including phenoxy) is 1. The summed E-state index contributed by atoms with van der Waals surface area (Å²) in [5, 5.41) is 10.3. The lowest BCUT2D eigenvalue weighted by Crippen LogP contribution is -2.16. The number of nitrogens with one attached hydrogen (secondary N) is 1. The molecule has 136 valence electrons. The van der Waals surface area contributed by atoms with Gasteiger partial charge in [0.1, 0.15) is 5.75 Å². The van der Waals surface area contributed by atoms with Crippen molar-refractivity contribution in [3.05, 3.63) is 51.8 Å². The van der Waals surface area contributed by atoms with Gasteiger partial charge in [-0.15, -0.1) is 5.25 Å². The van der Waals surface area contributed by atoms with Gasteiger partial charge in [-0.05, 0) is 55.2 Å². The van der Waals surface area contributed by atoms with Crippen LogP contribution in [0.25, 0.3) is 0 Å². The normalized spacial score (nSPS) is 13.6. The van der Waals surface area contributed by atoms with Gasteiger partial charge in [-0.25, -0.2) is 4.39 Å². The van der Waals surface area contributed by atoms with Crippen LogP contribution in [0, 0.1) is 19.7 Å². The fraction of sp³-hybridized carbons (Fsp3) is 0.294. The topological polar surface area (TPSA) is 78.8 Å². The summed E-state index contributed by atoms with van der Waals surface area (Å²) >= 11 is 6.07. The average molecular weight is 388 g/mol. The first-order chi connectivity index (χ1) is 11.7. The second-order valence-corrected chi connectivity index (χ2v) is 8.03. The predicted molar refractivity (Wildman–Crippen MR) is 95.8 cm³/mol. The Hall–Kier alpha value is -1.43. The van der Waals surface area contributed by atoms with E-state index in [1.54, 1.807) is 19.9 Å². The van der Waals surface area contributed by atoms with Crippen molar-refractivity contribution in [2.24, 2.45) is 0 Å². The third-order valence-electron chi connectivity index (χ3n) is 3.79. The highest BCUT2D eigenvalue weighted by atomic mass is 35.5. The van der Waals surface area contributed by atoms with Crippen LogP contribution in [0.1, 0.15) is 30.0 Å². The zero-order valence-electron chi connectivity index (χ0n) is 14.1. The van der Waals surface area contributed by atoms with Gasteiger partial charge in [0.15, 0.2) is 11.6 Å². The van der Waals surface area contributed by atoms with Gasteiger partial charge in [-0.2, -0.15) is 0 Å². The van der Waals surface area contributed by atoms with Gasteiger partial charge in [0.25, 0.3) is 0 Å². The van der Waals surface area contributed by atoms with Crippen LogP contribution < -0.4 is 15.3 Å². The maximum absolute atomic E-state index is 14.5. The minimum Gasteiger partial charge on any atom is -0.454 e. The smallest absolute Gasteiger partial charge is 0.319 e. The van der Waals surface area contributed by atoms with Crippen molar-refractivity contribution in [3.8, 4) is 11.5 Å². The lowest BCUT2D eigenvalue weighted by atomic mass is 10.1. The Labute approximate surface area is 150 Å². The Morgan fingerprint density at radius 1 is 1.28 bits per heavy atom. The summed E-state index contributed by atoms with van der Waals surface area (Å²) in [6.07, 6.45) is 1.52. The second kappa shape index (κ2) is 7.85. The molecule has 1 unspecified atom stereocenters. The van der Waals surface area contributed by atoms with Crippen LogP contribution in [0.5, 0.6) is 11.5 Å². The molecule has 0 fully saturated rings. The van der Waals surface area contributed by atoms with Gasteiger partial charge in [0, 0.05) is 0 Å². The van der Waals surface area contributed by atoms with E-state index in [9.17, 15) is 13.8 Å². The molecule has 0 aromatic heterocycles. The molecule has 8 heteroatoms. The summed E-state index contributed by atoms with van der Waals surface area (Å²) in [7, 11) is -4.06. The summed E-state index contributed by atoms with van der Waals surface area (Å²) in [4.78, 5) is 9.66. The molecular weight excluding hydrogens is 368 g/mol. The third-order valence-corrected chi connectivity index (χ3v) is 5.43. The van der Waals surface area contributed by atoms with E-state index in [1.165, 1.54) is 23.4 Å². The Morgan fingerprint density at radius 3 is 2.40 bits per heavy atom. The van der Waals surface area contributed by atoms with E-state index >= 15 is 0 Å².